The molecule has 0 spiro atoms. The number of H-pyrrole nitrogens is 1. The van der Waals surface area contributed by atoms with Gasteiger partial charge in [-0.15, -0.1) is 0 Å². The molecule has 0 aromatic carbocycles. The number of nitrogens with zero attached hydrogens (tertiary/aromatic N) is 2. The van der Waals surface area contributed by atoms with Gasteiger partial charge in [0.2, 0.25) is 0 Å². The topological polar surface area (TPSA) is 78.1 Å². The summed E-state index contributed by atoms with van der Waals surface area (Å²) in [6.07, 6.45) is 8.66. The van der Waals surface area contributed by atoms with E-state index in [2.05, 4.69) is 27.2 Å². The molecular weight excluding hydrogens is 256 g/mol. The van der Waals surface area contributed by atoms with E-state index < -0.39 is 0 Å². The normalized spacial score (nSPS) is 15.7. The predicted octanol–water partition coefficient (Wildman–Crippen LogP) is 0.764. The molecule has 1 amide bonds. The van der Waals surface area contributed by atoms with E-state index in [1.54, 1.807) is 0 Å². The van der Waals surface area contributed by atoms with Gasteiger partial charge in [0, 0.05) is 12.6 Å². The third-order valence-corrected chi connectivity index (χ3v) is 3.82. The first kappa shape index (κ1) is 14.7. The quantitative estimate of drug-likeness (QED) is 0.753. The minimum atomic E-state index is -0.362. The lowest BCUT2D eigenvalue weighted by Gasteiger charge is -2.23. The Balaban J connectivity index is 1.68. The third kappa shape index (κ3) is 4.16. The van der Waals surface area contributed by atoms with E-state index in [1.165, 1.54) is 31.9 Å². The fourth-order valence-electron chi connectivity index (χ4n) is 2.65. The minimum absolute atomic E-state index is 0.210. The fourth-order valence-corrected chi connectivity index (χ4v) is 2.65. The second kappa shape index (κ2) is 7.19. The standard InChI is InChI=1S/C14H22N4O2/c1-18(11-5-2-3-6-11)8-4-7-16-14(20)12-9-15-10-13(19)17-12/h9-11H,2-8H2,1H3,(H,16,20)(H,17,19). The Morgan fingerprint density at radius 3 is 2.90 bits per heavy atom. The van der Waals surface area contributed by atoms with Crippen LogP contribution in [0, 0.1) is 0 Å². The van der Waals surface area contributed by atoms with Gasteiger partial charge in [0.05, 0.1) is 12.4 Å². The lowest BCUT2D eigenvalue weighted by Crippen LogP contribution is -2.33. The summed E-state index contributed by atoms with van der Waals surface area (Å²) >= 11 is 0. The van der Waals surface area contributed by atoms with E-state index in [0.29, 0.717) is 12.6 Å². The maximum absolute atomic E-state index is 11.8. The van der Waals surface area contributed by atoms with Crippen LogP contribution in [0.1, 0.15) is 42.6 Å². The first-order valence-electron chi connectivity index (χ1n) is 7.19. The van der Waals surface area contributed by atoms with Crippen LogP contribution in [-0.4, -0.2) is 47.0 Å². The van der Waals surface area contributed by atoms with Crippen molar-refractivity contribution >= 4 is 5.91 Å². The highest BCUT2D eigenvalue weighted by molar-refractivity contribution is 5.91. The van der Waals surface area contributed by atoms with E-state index in [-0.39, 0.29) is 17.2 Å². The summed E-state index contributed by atoms with van der Waals surface area (Å²) in [5.41, 5.74) is -0.153. The zero-order chi connectivity index (χ0) is 14.4. The Bertz CT molecular complexity index is 494. The predicted molar refractivity (Wildman–Crippen MR) is 76.7 cm³/mol. The second-order valence-corrected chi connectivity index (χ2v) is 5.34. The van der Waals surface area contributed by atoms with Crippen LogP contribution in [0.2, 0.25) is 0 Å². The molecule has 0 aliphatic heterocycles. The first-order valence-corrected chi connectivity index (χ1v) is 7.19. The van der Waals surface area contributed by atoms with Gasteiger partial charge in [0.15, 0.2) is 0 Å². The average Bonchev–Trinajstić information content (AvgIpc) is 2.97. The Kier molecular flexibility index (Phi) is 5.29. The van der Waals surface area contributed by atoms with Crippen molar-refractivity contribution < 1.29 is 4.79 Å². The molecule has 1 aliphatic rings. The molecule has 2 N–H and O–H groups in total. The molecule has 110 valence electrons. The van der Waals surface area contributed by atoms with Crippen molar-refractivity contribution in [1.29, 1.82) is 0 Å². The molecule has 1 aromatic rings. The third-order valence-electron chi connectivity index (χ3n) is 3.82. The number of nitrogens with one attached hydrogen (secondary N) is 2. The van der Waals surface area contributed by atoms with Gasteiger partial charge >= 0.3 is 0 Å². The van der Waals surface area contributed by atoms with Crippen molar-refractivity contribution in [3.8, 4) is 0 Å². The lowest BCUT2D eigenvalue weighted by molar-refractivity contribution is 0.0945. The summed E-state index contributed by atoms with van der Waals surface area (Å²) in [4.78, 5) is 31.4. The zero-order valence-corrected chi connectivity index (χ0v) is 11.9. The fraction of sp³-hybridized carbons (Fsp3) is 0.643. The SMILES string of the molecule is CN(CCCNC(=O)c1cncc(=O)[nH]1)C1CCCC1. The molecule has 1 aliphatic carbocycles. The molecule has 0 unspecified atom stereocenters. The van der Waals surface area contributed by atoms with Gasteiger partial charge in [-0.25, -0.2) is 0 Å². The van der Waals surface area contributed by atoms with Gasteiger partial charge in [-0.1, -0.05) is 12.8 Å². The van der Waals surface area contributed by atoms with E-state index in [1.807, 2.05) is 0 Å². The largest absolute Gasteiger partial charge is 0.351 e. The second-order valence-electron chi connectivity index (χ2n) is 5.34. The molecule has 0 bridgehead atoms. The maximum atomic E-state index is 11.8. The molecule has 2 rings (SSSR count). The average molecular weight is 278 g/mol. The van der Waals surface area contributed by atoms with Crippen LogP contribution < -0.4 is 10.9 Å². The molecule has 1 heterocycles. The lowest BCUT2D eigenvalue weighted by atomic mass is 10.2. The number of aromatic nitrogens is 2. The molecule has 0 radical (unpaired) electrons. The van der Waals surface area contributed by atoms with Gasteiger partial charge in [0.25, 0.3) is 11.5 Å². The van der Waals surface area contributed by atoms with Crippen LogP contribution >= 0.6 is 0 Å². The summed E-state index contributed by atoms with van der Waals surface area (Å²) in [6.45, 7) is 1.58. The number of carbonyl (C=O) groups excluding carboxylic acids is 1. The number of amides is 1. The first-order chi connectivity index (χ1) is 9.66. The molecule has 6 nitrogen and oxygen atoms in total. The highest BCUT2D eigenvalue weighted by Gasteiger charge is 2.18. The Morgan fingerprint density at radius 1 is 1.45 bits per heavy atom. The molecule has 1 aromatic heterocycles. The van der Waals surface area contributed by atoms with E-state index in [0.717, 1.165) is 19.2 Å². The molecule has 1 saturated carbocycles. The van der Waals surface area contributed by atoms with Crippen LogP contribution in [0.15, 0.2) is 17.2 Å². The number of hydrogen-bond donors (Lipinski definition) is 2. The highest BCUT2D eigenvalue weighted by Crippen LogP contribution is 2.22. The number of carbonyl (C=O) groups is 1. The molecule has 20 heavy (non-hydrogen) atoms. The molecule has 0 atom stereocenters. The molecule has 6 heteroatoms. The van der Waals surface area contributed by atoms with Gasteiger partial charge in [-0.3, -0.25) is 14.6 Å². The molecule has 1 fully saturated rings. The Morgan fingerprint density at radius 2 is 2.20 bits per heavy atom. The van der Waals surface area contributed by atoms with Crippen molar-refractivity contribution in [2.24, 2.45) is 0 Å². The van der Waals surface area contributed by atoms with Crippen molar-refractivity contribution in [2.45, 2.75) is 38.1 Å². The Labute approximate surface area is 118 Å². The number of aromatic amines is 1. The summed E-state index contributed by atoms with van der Waals surface area (Å²) in [5.74, 6) is -0.279. The maximum Gasteiger partial charge on any atom is 0.269 e. The molecular formula is C14H22N4O2. The van der Waals surface area contributed by atoms with Crippen LogP contribution in [0.3, 0.4) is 0 Å². The van der Waals surface area contributed by atoms with Crippen molar-refractivity contribution in [2.75, 3.05) is 20.1 Å². The van der Waals surface area contributed by atoms with E-state index >= 15 is 0 Å². The van der Waals surface area contributed by atoms with Crippen molar-refractivity contribution in [3.63, 3.8) is 0 Å². The van der Waals surface area contributed by atoms with Crippen molar-refractivity contribution in [3.05, 3.63) is 28.4 Å². The van der Waals surface area contributed by atoms with Crippen LogP contribution in [0.25, 0.3) is 0 Å². The molecule has 0 saturated heterocycles. The van der Waals surface area contributed by atoms with Gasteiger partial charge in [0.1, 0.15) is 5.69 Å². The van der Waals surface area contributed by atoms with E-state index in [9.17, 15) is 9.59 Å². The van der Waals surface area contributed by atoms with Crippen LogP contribution in [0.5, 0.6) is 0 Å². The summed E-state index contributed by atoms with van der Waals surface area (Å²) in [6, 6.07) is 0.709. The number of hydrogen-bond acceptors (Lipinski definition) is 4. The van der Waals surface area contributed by atoms with E-state index in [4.69, 9.17) is 0 Å². The number of rotatable bonds is 6. The summed E-state index contributed by atoms with van der Waals surface area (Å²) in [5, 5.41) is 2.80. The summed E-state index contributed by atoms with van der Waals surface area (Å²) < 4.78 is 0. The van der Waals surface area contributed by atoms with Crippen LogP contribution in [-0.2, 0) is 0 Å². The van der Waals surface area contributed by atoms with Gasteiger partial charge in [-0.05, 0) is 32.9 Å². The smallest absolute Gasteiger partial charge is 0.269 e. The highest BCUT2D eigenvalue weighted by atomic mass is 16.2. The van der Waals surface area contributed by atoms with Gasteiger partial charge in [-0.2, -0.15) is 0 Å². The summed E-state index contributed by atoms with van der Waals surface area (Å²) in [7, 11) is 2.15. The zero-order valence-electron chi connectivity index (χ0n) is 11.9. The Hall–Kier alpha value is -1.69. The van der Waals surface area contributed by atoms with Gasteiger partial charge < -0.3 is 15.2 Å². The monoisotopic (exact) mass is 278 g/mol. The van der Waals surface area contributed by atoms with Crippen LogP contribution in [0.4, 0.5) is 0 Å². The van der Waals surface area contributed by atoms with Crippen molar-refractivity contribution in [1.82, 2.24) is 20.2 Å². The minimum Gasteiger partial charge on any atom is -0.351 e.